The van der Waals surface area contributed by atoms with Crippen LogP contribution in [0.2, 0.25) is 0 Å². The Kier molecular flexibility index (Phi) is 3.30. The van der Waals surface area contributed by atoms with Crippen molar-refractivity contribution in [2.75, 3.05) is 11.1 Å². The number of nitrogens with two attached hydrogens (primary N) is 1. The summed E-state index contributed by atoms with van der Waals surface area (Å²) in [6.07, 6.45) is 1.66. The van der Waals surface area contributed by atoms with Gasteiger partial charge in [-0.2, -0.15) is 10.4 Å². The van der Waals surface area contributed by atoms with E-state index in [0.717, 1.165) is 15.7 Å². The Morgan fingerprint density at radius 2 is 2.35 bits per heavy atom. The van der Waals surface area contributed by atoms with Crippen LogP contribution in [0.25, 0.3) is 0 Å². The minimum atomic E-state index is 0.521. The van der Waals surface area contributed by atoms with Crippen molar-refractivity contribution >= 4 is 27.4 Å². The Morgan fingerprint density at radius 1 is 1.53 bits per heavy atom. The Morgan fingerprint density at radius 3 is 3.00 bits per heavy atom. The van der Waals surface area contributed by atoms with E-state index in [-0.39, 0.29) is 0 Å². The smallest absolute Gasteiger partial charge is 0.123 e. The van der Waals surface area contributed by atoms with Crippen LogP contribution >= 0.6 is 15.9 Å². The highest BCUT2D eigenvalue weighted by molar-refractivity contribution is 9.10. The number of nitrogens with zero attached hydrogens (tertiary/aromatic N) is 2. The van der Waals surface area contributed by atoms with Crippen LogP contribution in [0.15, 0.2) is 28.9 Å². The van der Waals surface area contributed by atoms with Crippen molar-refractivity contribution < 1.29 is 0 Å². The topological polar surface area (TPSA) is 90.5 Å². The van der Waals surface area contributed by atoms with Crippen LogP contribution in [-0.4, -0.2) is 10.2 Å². The fraction of sp³-hybridized carbons (Fsp3) is 0.0909. The highest BCUT2D eigenvalue weighted by atomic mass is 79.9. The lowest BCUT2D eigenvalue weighted by atomic mass is 10.2. The number of nitrogen functional groups attached to an aromatic ring is 1. The van der Waals surface area contributed by atoms with Gasteiger partial charge >= 0.3 is 0 Å². The van der Waals surface area contributed by atoms with Gasteiger partial charge in [0.15, 0.2) is 0 Å². The highest BCUT2D eigenvalue weighted by Crippen LogP contribution is 2.21. The summed E-state index contributed by atoms with van der Waals surface area (Å²) in [6.45, 7) is 0.521. The molecule has 0 aliphatic carbocycles. The third kappa shape index (κ3) is 2.57. The molecule has 0 bridgehead atoms. The van der Waals surface area contributed by atoms with Crippen molar-refractivity contribution in [1.82, 2.24) is 10.2 Å². The molecule has 0 spiro atoms. The van der Waals surface area contributed by atoms with Gasteiger partial charge in [-0.25, -0.2) is 0 Å². The normalized spacial score (nSPS) is 9.88. The lowest BCUT2D eigenvalue weighted by Gasteiger charge is -2.07. The molecule has 0 unspecified atom stereocenters. The first kappa shape index (κ1) is 11.5. The molecule has 2 rings (SSSR count). The molecule has 0 atom stereocenters. The number of aromatic nitrogens is 2. The first-order valence-corrected chi connectivity index (χ1v) is 5.71. The van der Waals surface area contributed by atoms with Gasteiger partial charge in [0.05, 0.1) is 17.4 Å². The van der Waals surface area contributed by atoms with E-state index in [9.17, 15) is 0 Å². The largest absolute Gasteiger partial charge is 0.384 e. The second-order valence-electron chi connectivity index (χ2n) is 3.46. The molecule has 0 aliphatic heterocycles. The quantitative estimate of drug-likeness (QED) is 0.809. The van der Waals surface area contributed by atoms with Crippen molar-refractivity contribution in [2.24, 2.45) is 0 Å². The predicted octanol–water partition coefficient (Wildman–Crippen LogP) is 2.24. The Bertz CT molecular complexity index is 569. The van der Waals surface area contributed by atoms with Gasteiger partial charge in [0.2, 0.25) is 0 Å². The molecule has 0 saturated carbocycles. The van der Waals surface area contributed by atoms with Gasteiger partial charge in [0.25, 0.3) is 0 Å². The number of aromatic amines is 1. The van der Waals surface area contributed by atoms with E-state index in [4.69, 9.17) is 11.0 Å². The average molecular weight is 292 g/mol. The second-order valence-corrected chi connectivity index (χ2v) is 4.38. The molecule has 1 aromatic heterocycles. The number of anilines is 2. The van der Waals surface area contributed by atoms with Crippen LogP contribution in [0.4, 0.5) is 11.5 Å². The van der Waals surface area contributed by atoms with Gasteiger partial charge in [-0.05, 0) is 18.2 Å². The summed E-state index contributed by atoms with van der Waals surface area (Å²) in [5, 5.41) is 18.6. The van der Waals surface area contributed by atoms with E-state index < -0.39 is 0 Å². The molecular formula is C11H10BrN5. The average Bonchev–Trinajstić information content (AvgIpc) is 2.72. The zero-order chi connectivity index (χ0) is 12.3. The van der Waals surface area contributed by atoms with Crippen LogP contribution < -0.4 is 11.1 Å². The van der Waals surface area contributed by atoms with Crippen molar-refractivity contribution in [2.45, 2.75) is 6.54 Å². The van der Waals surface area contributed by atoms with E-state index in [1.165, 1.54) is 0 Å². The first-order valence-electron chi connectivity index (χ1n) is 4.92. The predicted molar refractivity (Wildman–Crippen MR) is 69.2 cm³/mol. The third-order valence-corrected chi connectivity index (χ3v) is 2.82. The standard InChI is InChI=1S/C11H10BrN5/c12-9-2-1-7(4-13)10(3-9)15-5-8-6-16-17-11(8)14/h1-3,6,15H,5H2,(H3,14,16,17). The fourth-order valence-corrected chi connectivity index (χ4v) is 1.77. The Hall–Kier alpha value is -2.00. The van der Waals surface area contributed by atoms with E-state index in [1.807, 2.05) is 12.1 Å². The van der Waals surface area contributed by atoms with Gasteiger partial charge in [0, 0.05) is 16.6 Å². The summed E-state index contributed by atoms with van der Waals surface area (Å²) >= 11 is 3.37. The fourth-order valence-electron chi connectivity index (χ4n) is 1.41. The number of benzene rings is 1. The van der Waals surface area contributed by atoms with E-state index in [0.29, 0.717) is 17.9 Å². The third-order valence-electron chi connectivity index (χ3n) is 2.32. The maximum Gasteiger partial charge on any atom is 0.123 e. The maximum atomic E-state index is 8.97. The number of hydrogen-bond donors (Lipinski definition) is 3. The second kappa shape index (κ2) is 4.89. The van der Waals surface area contributed by atoms with E-state index in [1.54, 1.807) is 12.3 Å². The summed E-state index contributed by atoms with van der Waals surface area (Å²) in [5.74, 6) is 0.533. The summed E-state index contributed by atoms with van der Waals surface area (Å²) in [7, 11) is 0. The molecule has 0 radical (unpaired) electrons. The summed E-state index contributed by atoms with van der Waals surface area (Å²) in [4.78, 5) is 0. The minimum Gasteiger partial charge on any atom is -0.384 e. The monoisotopic (exact) mass is 291 g/mol. The first-order chi connectivity index (χ1) is 8.20. The molecule has 4 N–H and O–H groups in total. The summed E-state index contributed by atoms with van der Waals surface area (Å²) in [5.41, 5.74) is 7.90. The molecule has 6 heteroatoms. The molecule has 86 valence electrons. The van der Waals surface area contributed by atoms with Crippen LogP contribution in [0.5, 0.6) is 0 Å². The van der Waals surface area contributed by atoms with Gasteiger partial charge in [-0.15, -0.1) is 0 Å². The molecule has 0 fully saturated rings. The molecule has 1 heterocycles. The van der Waals surface area contributed by atoms with Crippen molar-refractivity contribution in [3.8, 4) is 6.07 Å². The molecule has 0 aliphatic rings. The number of hydrogen-bond acceptors (Lipinski definition) is 4. The molecule has 2 aromatic rings. The molecule has 5 nitrogen and oxygen atoms in total. The van der Waals surface area contributed by atoms with Crippen molar-refractivity contribution in [3.63, 3.8) is 0 Å². The molecule has 17 heavy (non-hydrogen) atoms. The van der Waals surface area contributed by atoms with Crippen molar-refractivity contribution in [3.05, 3.63) is 40.0 Å². The molecule has 1 aromatic carbocycles. The van der Waals surface area contributed by atoms with Crippen LogP contribution in [0.1, 0.15) is 11.1 Å². The number of nitriles is 1. The lowest BCUT2D eigenvalue weighted by molar-refractivity contribution is 1.10. The Labute approximate surface area is 107 Å². The zero-order valence-electron chi connectivity index (χ0n) is 8.87. The Balaban J connectivity index is 2.17. The summed E-state index contributed by atoms with van der Waals surface area (Å²) < 4.78 is 0.916. The van der Waals surface area contributed by atoms with E-state index in [2.05, 4.69) is 37.5 Å². The minimum absolute atomic E-state index is 0.521. The van der Waals surface area contributed by atoms with Crippen molar-refractivity contribution in [1.29, 1.82) is 5.26 Å². The number of nitrogens with one attached hydrogen (secondary N) is 2. The van der Waals surface area contributed by atoms with E-state index >= 15 is 0 Å². The maximum absolute atomic E-state index is 8.97. The van der Waals surface area contributed by atoms with Gasteiger partial charge in [0.1, 0.15) is 11.9 Å². The van der Waals surface area contributed by atoms with Gasteiger partial charge in [-0.1, -0.05) is 15.9 Å². The number of rotatable bonds is 3. The SMILES string of the molecule is N#Cc1ccc(Br)cc1NCc1cn[nH]c1N. The van der Waals surface area contributed by atoms with Crippen LogP contribution in [-0.2, 0) is 6.54 Å². The summed E-state index contributed by atoms with van der Waals surface area (Å²) in [6, 6.07) is 7.57. The van der Waals surface area contributed by atoms with Gasteiger partial charge < -0.3 is 11.1 Å². The molecule has 0 saturated heterocycles. The number of H-pyrrole nitrogens is 1. The van der Waals surface area contributed by atoms with Gasteiger partial charge in [-0.3, -0.25) is 5.10 Å². The molecular weight excluding hydrogens is 282 g/mol. The highest BCUT2D eigenvalue weighted by Gasteiger charge is 2.05. The zero-order valence-corrected chi connectivity index (χ0v) is 10.5. The number of halogens is 1. The lowest BCUT2D eigenvalue weighted by Crippen LogP contribution is -2.02. The van der Waals surface area contributed by atoms with Crippen LogP contribution in [0.3, 0.4) is 0 Å². The van der Waals surface area contributed by atoms with Crippen LogP contribution in [0, 0.1) is 11.3 Å². The molecule has 0 amide bonds.